The van der Waals surface area contributed by atoms with Crippen molar-refractivity contribution < 1.29 is 4.79 Å². The maximum atomic E-state index is 10.8. The number of nitrogens with two attached hydrogens (primary N) is 1. The van der Waals surface area contributed by atoms with E-state index in [1.807, 2.05) is 11.9 Å². The van der Waals surface area contributed by atoms with Gasteiger partial charge in [-0.25, -0.2) is 0 Å². The van der Waals surface area contributed by atoms with Crippen LogP contribution in [0.15, 0.2) is 18.2 Å². The number of primary amides is 1. The number of carbonyl (C=O) groups excluding carboxylic acids is 1. The maximum absolute atomic E-state index is 10.8. The van der Waals surface area contributed by atoms with Gasteiger partial charge in [-0.15, -0.1) is 0 Å². The molecule has 3 nitrogen and oxygen atoms in total. The lowest BCUT2D eigenvalue weighted by Gasteiger charge is -2.18. The lowest BCUT2D eigenvalue weighted by molar-refractivity contribution is -0.118. The zero-order valence-electron chi connectivity index (χ0n) is 11.1. The van der Waals surface area contributed by atoms with Crippen LogP contribution in [0, 0.1) is 0 Å². The van der Waals surface area contributed by atoms with Crippen LogP contribution in [0.3, 0.4) is 0 Å². The number of hydrogen-bond donors (Lipinski definition) is 1. The number of rotatable bonds is 5. The lowest BCUT2D eigenvalue weighted by atomic mass is 9.90. The summed E-state index contributed by atoms with van der Waals surface area (Å²) in [5, 5.41) is 0. The molecule has 0 unspecified atom stereocenters. The quantitative estimate of drug-likeness (QED) is 0.856. The molecule has 1 aromatic rings. The van der Waals surface area contributed by atoms with Crippen molar-refractivity contribution >= 4 is 5.91 Å². The molecular weight excluding hydrogens is 224 g/mol. The lowest BCUT2D eigenvalue weighted by Crippen LogP contribution is -2.32. The van der Waals surface area contributed by atoms with Crippen molar-refractivity contribution in [3.05, 3.63) is 34.9 Å². The third-order valence-corrected chi connectivity index (χ3v) is 3.62. The Morgan fingerprint density at radius 3 is 2.72 bits per heavy atom. The van der Waals surface area contributed by atoms with Crippen LogP contribution in [0.4, 0.5) is 0 Å². The van der Waals surface area contributed by atoms with E-state index < -0.39 is 0 Å². The van der Waals surface area contributed by atoms with E-state index in [-0.39, 0.29) is 5.91 Å². The van der Waals surface area contributed by atoms with E-state index in [4.69, 9.17) is 5.73 Å². The van der Waals surface area contributed by atoms with E-state index in [0.29, 0.717) is 6.54 Å². The third kappa shape index (κ3) is 3.57. The molecule has 98 valence electrons. The molecular formula is C15H22N2O. The number of likely N-dealkylation sites (N-methyl/N-ethyl adjacent to an activating group) is 1. The normalized spacial score (nSPS) is 14.6. The number of benzene rings is 1. The topological polar surface area (TPSA) is 46.3 Å². The van der Waals surface area contributed by atoms with Gasteiger partial charge in [-0.05, 0) is 55.8 Å². The number of amides is 1. The fourth-order valence-electron chi connectivity index (χ4n) is 2.61. The Hall–Kier alpha value is -1.35. The predicted molar refractivity (Wildman–Crippen MR) is 73.5 cm³/mol. The second kappa shape index (κ2) is 6.01. The minimum Gasteiger partial charge on any atom is -0.369 e. The van der Waals surface area contributed by atoms with Crippen LogP contribution in [0.5, 0.6) is 0 Å². The third-order valence-electron chi connectivity index (χ3n) is 3.62. The predicted octanol–water partition coefficient (Wildman–Crippen LogP) is 1.52. The first-order valence-corrected chi connectivity index (χ1v) is 6.72. The number of aryl methyl sites for hydroxylation is 2. The fourth-order valence-corrected chi connectivity index (χ4v) is 2.61. The van der Waals surface area contributed by atoms with Crippen molar-refractivity contribution in [2.75, 3.05) is 20.1 Å². The van der Waals surface area contributed by atoms with Gasteiger partial charge in [0.05, 0.1) is 6.54 Å². The minimum atomic E-state index is -0.261. The Kier molecular flexibility index (Phi) is 4.37. The summed E-state index contributed by atoms with van der Waals surface area (Å²) in [7, 11) is 1.93. The second-order valence-electron chi connectivity index (χ2n) is 5.26. The average molecular weight is 246 g/mol. The Balaban J connectivity index is 1.91. The van der Waals surface area contributed by atoms with Gasteiger partial charge in [-0.3, -0.25) is 9.69 Å². The highest BCUT2D eigenvalue weighted by atomic mass is 16.1. The van der Waals surface area contributed by atoms with Crippen LogP contribution in [-0.2, 0) is 24.1 Å². The van der Waals surface area contributed by atoms with Crippen LogP contribution in [0.25, 0.3) is 0 Å². The zero-order valence-corrected chi connectivity index (χ0v) is 11.1. The molecule has 0 saturated carbocycles. The Bertz CT molecular complexity index is 429. The molecule has 3 heteroatoms. The van der Waals surface area contributed by atoms with E-state index >= 15 is 0 Å². The number of carbonyl (C=O) groups is 1. The first kappa shape index (κ1) is 13.1. The van der Waals surface area contributed by atoms with Gasteiger partial charge < -0.3 is 5.73 Å². The molecule has 0 aromatic heterocycles. The van der Waals surface area contributed by atoms with E-state index in [2.05, 4.69) is 18.2 Å². The number of nitrogens with zero attached hydrogens (tertiary/aromatic N) is 1. The summed E-state index contributed by atoms with van der Waals surface area (Å²) in [6, 6.07) is 6.84. The Morgan fingerprint density at radius 2 is 2.00 bits per heavy atom. The molecule has 1 amide bonds. The molecule has 0 aliphatic heterocycles. The molecule has 0 fully saturated rings. The van der Waals surface area contributed by atoms with Gasteiger partial charge in [0.1, 0.15) is 0 Å². The van der Waals surface area contributed by atoms with Gasteiger partial charge in [-0.1, -0.05) is 18.2 Å². The van der Waals surface area contributed by atoms with Gasteiger partial charge in [0.25, 0.3) is 0 Å². The SMILES string of the molecule is CN(CCc1ccc2c(c1)CCCC2)CC(N)=O. The van der Waals surface area contributed by atoms with Crippen molar-refractivity contribution in [1.29, 1.82) is 0 Å². The van der Waals surface area contributed by atoms with Crippen molar-refractivity contribution in [3.63, 3.8) is 0 Å². The minimum absolute atomic E-state index is 0.261. The van der Waals surface area contributed by atoms with Crippen LogP contribution < -0.4 is 5.73 Å². The van der Waals surface area contributed by atoms with Gasteiger partial charge in [-0.2, -0.15) is 0 Å². The first-order valence-electron chi connectivity index (χ1n) is 6.72. The standard InChI is InChI=1S/C15H22N2O/c1-17(11-15(16)18)9-8-12-6-7-13-4-2-3-5-14(13)10-12/h6-7,10H,2-5,8-9,11H2,1H3,(H2,16,18). The number of fused-ring (bicyclic) bond motifs is 1. The molecule has 2 rings (SSSR count). The van der Waals surface area contributed by atoms with Crippen LogP contribution in [0.1, 0.15) is 29.5 Å². The van der Waals surface area contributed by atoms with Crippen molar-refractivity contribution in [3.8, 4) is 0 Å². The van der Waals surface area contributed by atoms with Crippen molar-refractivity contribution in [1.82, 2.24) is 4.90 Å². The van der Waals surface area contributed by atoms with Gasteiger partial charge in [0.2, 0.25) is 5.91 Å². The Morgan fingerprint density at radius 1 is 1.28 bits per heavy atom. The molecule has 18 heavy (non-hydrogen) atoms. The van der Waals surface area contributed by atoms with Gasteiger partial charge >= 0.3 is 0 Å². The van der Waals surface area contributed by atoms with Gasteiger partial charge in [0.15, 0.2) is 0 Å². The highest BCUT2D eigenvalue weighted by Gasteiger charge is 2.10. The van der Waals surface area contributed by atoms with Gasteiger partial charge in [0, 0.05) is 6.54 Å². The Labute approximate surface area is 109 Å². The van der Waals surface area contributed by atoms with E-state index in [1.54, 1.807) is 0 Å². The van der Waals surface area contributed by atoms with Crippen LogP contribution >= 0.6 is 0 Å². The summed E-state index contributed by atoms with van der Waals surface area (Å²) in [5.41, 5.74) is 9.59. The monoisotopic (exact) mass is 246 g/mol. The zero-order chi connectivity index (χ0) is 13.0. The second-order valence-corrected chi connectivity index (χ2v) is 5.26. The highest BCUT2D eigenvalue weighted by molar-refractivity contribution is 5.75. The fraction of sp³-hybridized carbons (Fsp3) is 0.533. The number of hydrogen-bond acceptors (Lipinski definition) is 2. The molecule has 0 spiro atoms. The molecule has 0 saturated heterocycles. The molecule has 1 aliphatic carbocycles. The summed E-state index contributed by atoms with van der Waals surface area (Å²) >= 11 is 0. The molecule has 0 heterocycles. The van der Waals surface area contributed by atoms with E-state index in [9.17, 15) is 4.79 Å². The smallest absolute Gasteiger partial charge is 0.231 e. The summed E-state index contributed by atoms with van der Waals surface area (Å²) in [6.07, 6.45) is 6.08. The van der Waals surface area contributed by atoms with E-state index in [1.165, 1.54) is 42.4 Å². The first-order chi connectivity index (χ1) is 8.65. The van der Waals surface area contributed by atoms with E-state index in [0.717, 1.165) is 13.0 Å². The van der Waals surface area contributed by atoms with Crippen LogP contribution in [-0.4, -0.2) is 30.9 Å². The maximum Gasteiger partial charge on any atom is 0.231 e. The molecule has 0 bridgehead atoms. The summed E-state index contributed by atoms with van der Waals surface area (Å²) in [6.45, 7) is 1.21. The summed E-state index contributed by atoms with van der Waals surface area (Å²) in [4.78, 5) is 12.8. The molecule has 2 N–H and O–H groups in total. The van der Waals surface area contributed by atoms with Crippen molar-refractivity contribution in [2.45, 2.75) is 32.1 Å². The molecule has 0 radical (unpaired) electrons. The van der Waals surface area contributed by atoms with Crippen molar-refractivity contribution in [2.24, 2.45) is 5.73 Å². The summed E-state index contributed by atoms with van der Waals surface area (Å²) < 4.78 is 0. The highest BCUT2D eigenvalue weighted by Crippen LogP contribution is 2.22. The van der Waals surface area contributed by atoms with Crippen LogP contribution in [0.2, 0.25) is 0 Å². The molecule has 1 aromatic carbocycles. The molecule has 0 atom stereocenters. The largest absolute Gasteiger partial charge is 0.369 e. The average Bonchev–Trinajstić information content (AvgIpc) is 2.35. The molecule has 1 aliphatic rings. The summed E-state index contributed by atoms with van der Waals surface area (Å²) in [5.74, 6) is -0.261.